The van der Waals surface area contributed by atoms with Crippen molar-refractivity contribution in [1.82, 2.24) is 4.98 Å². The minimum Gasteiger partial charge on any atom is -0.279 e. The zero-order valence-electron chi connectivity index (χ0n) is 16.5. The van der Waals surface area contributed by atoms with Gasteiger partial charge in [-0.3, -0.25) is 9.69 Å². The molecule has 0 spiro atoms. The first-order chi connectivity index (χ1) is 14.2. The SMILES string of the molecule is CCSc1ccccc1C(=O)N(Cc1ccccc1)c1nc2c(C)cccc2s1. The van der Waals surface area contributed by atoms with Crippen molar-refractivity contribution in [2.24, 2.45) is 0 Å². The summed E-state index contributed by atoms with van der Waals surface area (Å²) < 4.78 is 1.10. The summed E-state index contributed by atoms with van der Waals surface area (Å²) in [7, 11) is 0. The Hall–Kier alpha value is -2.63. The van der Waals surface area contributed by atoms with Crippen molar-refractivity contribution in [2.45, 2.75) is 25.3 Å². The number of carbonyl (C=O) groups is 1. The van der Waals surface area contributed by atoms with Crippen LogP contribution in [-0.4, -0.2) is 16.6 Å². The van der Waals surface area contributed by atoms with Crippen LogP contribution in [0.2, 0.25) is 0 Å². The van der Waals surface area contributed by atoms with Gasteiger partial charge in [-0.2, -0.15) is 0 Å². The lowest BCUT2D eigenvalue weighted by atomic mass is 10.1. The molecule has 0 fully saturated rings. The lowest BCUT2D eigenvalue weighted by Gasteiger charge is -2.21. The number of carbonyl (C=O) groups excluding carboxylic acids is 1. The lowest BCUT2D eigenvalue weighted by molar-refractivity contribution is 0.0982. The zero-order valence-corrected chi connectivity index (χ0v) is 18.1. The van der Waals surface area contributed by atoms with Crippen molar-refractivity contribution in [1.29, 1.82) is 0 Å². The zero-order chi connectivity index (χ0) is 20.2. The Morgan fingerprint density at radius 1 is 1.00 bits per heavy atom. The van der Waals surface area contributed by atoms with Crippen molar-refractivity contribution in [3.8, 4) is 0 Å². The van der Waals surface area contributed by atoms with Gasteiger partial charge >= 0.3 is 0 Å². The molecule has 0 aliphatic rings. The van der Waals surface area contributed by atoms with Crippen molar-refractivity contribution < 1.29 is 4.79 Å². The third-order valence-electron chi connectivity index (χ3n) is 4.69. The third-order valence-corrected chi connectivity index (χ3v) is 6.69. The van der Waals surface area contributed by atoms with Gasteiger partial charge < -0.3 is 0 Å². The van der Waals surface area contributed by atoms with Crippen LogP contribution in [0.4, 0.5) is 5.13 Å². The van der Waals surface area contributed by atoms with E-state index in [4.69, 9.17) is 4.98 Å². The lowest BCUT2D eigenvalue weighted by Crippen LogP contribution is -2.30. The van der Waals surface area contributed by atoms with Crippen molar-refractivity contribution >= 4 is 44.4 Å². The van der Waals surface area contributed by atoms with Gasteiger partial charge in [-0.15, -0.1) is 11.8 Å². The van der Waals surface area contributed by atoms with Gasteiger partial charge in [0, 0.05) is 4.90 Å². The summed E-state index contributed by atoms with van der Waals surface area (Å²) in [5, 5.41) is 0.736. The van der Waals surface area contributed by atoms with E-state index in [-0.39, 0.29) is 5.91 Å². The Balaban J connectivity index is 1.79. The molecule has 0 atom stereocenters. The summed E-state index contributed by atoms with van der Waals surface area (Å²) in [6.45, 7) is 4.65. The van der Waals surface area contributed by atoms with E-state index >= 15 is 0 Å². The molecule has 0 N–H and O–H groups in total. The van der Waals surface area contributed by atoms with Gasteiger partial charge in [-0.1, -0.05) is 72.9 Å². The van der Waals surface area contributed by atoms with E-state index in [9.17, 15) is 4.79 Å². The molecule has 0 unspecified atom stereocenters. The Kier molecular flexibility index (Phi) is 5.97. The van der Waals surface area contributed by atoms with Crippen LogP contribution in [-0.2, 0) is 6.54 Å². The van der Waals surface area contributed by atoms with Crippen LogP contribution in [0.25, 0.3) is 10.2 Å². The van der Waals surface area contributed by atoms with Crippen LogP contribution in [0.1, 0.15) is 28.4 Å². The Morgan fingerprint density at radius 2 is 1.76 bits per heavy atom. The smallest absolute Gasteiger partial charge is 0.261 e. The van der Waals surface area contributed by atoms with E-state index in [0.29, 0.717) is 6.54 Å². The molecule has 3 nitrogen and oxygen atoms in total. The predicted molar refractivity (Wildman–Crippen MR) is 124 cm³/mol. The number of benzene rings is 3. The number of rotatable bonds is 6. The fourth-order valence-corrected chi connectivity index (χ4v) is 5.09. The number of aromatic nitrogens is 1. The molecular formula is C24H22N2OS2. The average Bonchev–Trinajstić information content (AvgIpc) is 3.18. The number of hydrogen-bond donors (Lipinski definition) is 0. The molecular weight excluding hydrogens is 396 g/mol. The number of thioether (sulfide) groups is 1. The van der Waals surface area contributed by atoms with Crippen molar-refractivity contribution in [2.75, 3.05) is 10.7 Å². The van der Waals surface area contributed by atoms with Crippen molar-refractivity contribution in [3.63, 3.8) is 0 Å². The van der Waals surface area contributed by atoms with Gasteiger partial charge in [0.05, 0.1) is 22.3 Å². The second-order valence-electron chi connectivity index (χ2n) is 6.72. The third kappa shape index (κ3) is 4.21. The van der Waals surface area contributed by atoms with E-state index in [1.165, 1.54) is 0 Å². The molecule has 0 radical (unpaired) electrons. The minimum atomic E-state index is -0.0119. The van der Waals surface area contributed by atoms with Gasteiger partial charge in [-0.25, -0.2) is 4.98 Å². The number of aryl methyl sites for hydroxylation is 1. The van der Waals surface area contributed by atoms with Crippen LogP contribution in [0.3, 0.4) is 0 Å². The number of fused-ring (bicyclic) bond motifs is 1. The van der Waals surface area contributed by atoms with Crippen LogP contribution in [0, 0.1) is 6.92 Å². The van der Waals surface area contributed by atoms with E-state index in [1.807, 2.05) is 65.6 Å². The minimum absolute atomic E-state index is 0.0119. The maximum atomic E-state index is 13.7. The summed E-state index contributed by atoms with van der Waals surface area (Å²) in [4.78, 5) is 21.4. The first-order valence-electron chi connectivity index (χ1n) is 9.61. The fraction of sp³-hybridized carbons (Fsp3) is 0.167. The molecule has 29 heavy (non-hydrogen) atoms. The Bertz CT molecular complexity index is 1140. The quantitative estimate of drug-likeness (QED) is 0.332. The van der Waals surface area contributed by atoms with Gasteiger partial charge in [0.1, 0.15) is 0 Å². The van der Waals surface area contributed by atoms with Crippen LogP contribution < -0.4 is 4.90 Å². The van der Waals surface area contributed by atoms with Crippen LogP contribution in [0.15, 0.2) is 77.7 Å². The molecule has 4 aromatic rings. The Labute approximate surface area is 179 Å². The maximum Gasteiger partial charge on any atom is 0.261 e. The highest BCUT2D eigenvalue weighted by atomic mass is 32.2. The second kappa shape index (κ2) is 8.80. The molecule has 0 aliphatic heterocycles. The molecule has 4 rings (SSSR count). The van der Waals surface area contributed by atoms with E-state index in [2.05, 4.69) is 26.0 Å². The highest BCUT2D eigenvalue weighted by Gasteiger charge is 2.24. The van der Waals surface area contributed by atoms with Gasteiger partial charge in [0.25, 0.3) is 5.91 Å². The number of thiazole rings is 1. The molecule has 146 valence electrons. The molecule has 5 heteroatoms. The highest BCUT2D eigenvalue weighted by molar-refractivity contribution is 7.99. The summed E-state index contributed by atoms with van der Waals surface area (Å²) >= 11 is 3.26. The molecule has 0 aliphatic carbocycles. The average molecular weight is 419 g/mol. The maximum absolute atomic E-state index is 13.7. The summed E-state index contributed by atoms with van der Waals surface area (Å²) in [5.41, 5.74) is 3.90. The number of para-hydroxylation sites is 1. The van der Waals surface area contributed by atoms with Crippen LogP contribution in [0.5, 0.6) is 0 Å². The summed E-state index contributed by atoms with van der Waals surface area (Å²) in [5.74, 6) is 0.908. The predicted octanol–water partition coefficient (Wildman–Crippen LogP) is 6.56. The van der Waals surface area contributed by atoms with E-state index < -0.39 is 0 Å². The molecule has 3 aromatic carbocycles. The van der Waals surface area contributed by atoms with Crippen molar-refractivity contribution in [3.05, 3.63) is 89.5 Å². The fourth-order valence-electron chi connectivity index (χ4n) is 3.25. The van der Waals surface area contributed by atoms with Crippen LogP contribution >= 0.6 is 23.1 Å². The molecule has 1 aromatic heterocycles. The molecule has 0 saturated carbocycles. The number of amides is 1. The van der Waals surface area contributed by atoms with Gasteiger partial charge in [0.2, 0.25) is 0 Å². The summed E-state index contributed by atoms with van der Waals surface area (Å²) in [6, 6.07) is 24.1. The van der Waals surface area contributed by atoms with Gasteiger partial charge in [0.15, 0.2) is 5.13 Å². The molecule has 0 bridgehead atoms. The molecule has 1 heterocycles. The number of nitrogens with zero attached hydrogens (tertiary/aromatic N) is 2. The second-order valence-corrected chi connectivity index (χ2v) is 9.04. The largest absolute Gasteiger partial charge is 0.279 e. The number of anilines is 1. The number of hydrogen-bond acceptors (Lipinski definition) is 4. The molecule has 0 saturated heterocycles. The van der Waals surface area contributed by atoms with E-state index in [1.54, 1.807) is 23.1 Å². The van der Waals surface area contributed by atoms with E-state index in [0.717, 1.165) is 42.7 Å². The normalized spacial score (nSPS) is 11.0. The monoisotopic (exact) mass is 418 g/mol. The highest BCUT2D eigenvalue weighted by Crippen LogP contribution is 2.33. The standard InChI is InChI=1S/C24H22N2OS2/c1-3-28-20-14-8-7-13-19(20)23(27)26(16-18-11-5-4-6-12-18)24-25-22-17(2)10-9-15-21(22)29-24/h4-15H,3,16H2,1-2H3. The first-order valence-corrected chi connectivity index (χ1v) is 11.4. The van der Waals surface area contributed by atoms with Gasteiger partial charge in [-0.05, 0) is 42.0 Å². The summed E-state index contributed by atoms with van der Waals surface area (Å²) in [6.07, 6.45) is 0. The first kappa shape index (κ1) is 19.7. The topological polar surface area (TPSA) is 33.2 Å². The molecule has 1 amide bonds. The Morgan fingerprint density at radius 3 is 2.52 bits per heavy atom.